The Hall–Kier alpha value is -1.07. The van der Waals surface area contributed by atoms with Crippen LogP contribution in [0, 0.1) is 12.3 Å². The second kappa shape index (κ2) is 6.59. The molecule has 1 rings (SSSR count). The maximum Gasteiger partial charge on any atom is 0.244 e. The van der Waals surface area contributed by atoms with E-state index in [2.05, 4.69) is 25.5 Å². The van der Waals surface area contributed by atoms with E-state index in [0.717, 1.165) is 12.0 Å². The number of sulfonamides is 1. The zero-order chi connectivity index (χ0) is 17.2. The summed E-state index contributed by atoms with van der Waals surface area (Å²) in [4.78, 5) is 0.205. The molecule has 0 aliphatic rings. The maximum absolute atomic E-state index is 12.8. The SMILES string of the molecule is CCOc1ccc(C)cc1S(=O)(=O)NC(C)(C)CC(C)(C)C. The summed E-state index contributed by atoms with van der Waals surface area (Å²) >= 11 is 0. The van der Waals surface area contributed by atoms with E-state index in [9.17, 15) is 8.42 Å². The molecule has 0 heterocycles. The normalized spacial score (nSPS) is 13.2. The van der Waals surface area contributed by atoms with Crippen molar-refractivity contribution in [2.75, 3.05) is 6.61 Å². The number of ether oxygens (including phenoxy) is 1. The molecule has 0 atom stereocenters. The van der Waals surface area contributed by atoms with Crippen LogP contribution >= 0.6 is 0 Å². The van der Waals surface area contributed by atoms with Gasteiger partial charge in [-0.1, -0.05) is 26.8 Å². The fourth-order valence-corrected chi connectivity index (χ4v) is 4.52. The summed E-state index contributed by atoms with van der Waals surface area (Å²) in [5, 5.41) is 0. The van der Waals surface area contributed by atoms with Gasteiger partial charge in [0, 0.05) is 5.54 Å². The van der Waals surface area contributed by atoms with Crippen molar-refractivity contribution < 1.29 is 13.2 Å². The van der Waals surface area contributed by atoms with Gasteiger partial charge in [0.1, 0.15) is 10.6 Å². The Bertz CT molecular complexity index is 613. The molecule has 0 bridgehead atoms. The van der Waals surface area contributed by atoms with E-state index in [0.29, 0.717) is 12.4 Å². The van der Waals surface area contributed by atoms with Crippen LogP contribution in [0.4, 0.5) is 0 Å². The molecule has 0 saturated heterocycles. The predicted molar refractivity (Wildman–Crippen MR) is 90.8 cm³/mol. The zero-order valence-electron chi connectivity index (χ0n) is 14.8. The Morgan fingerprint density at radius 3 is 2.23 bits per heavy atom. The van der Waals surface area contributed by atoms with Gasteiger partial charge in [-0.2, -0.15) is 0 Å². The van der Waals surface area contributed by atoms with Gasteiger partial charge in [-0.15, -0.1) is 0 Å². The molecule has 1 aromatic rings. The highest BCUT2D eigenvalue weighted by atomic mass is 32.2. The van der Waals surface area contributed by atoms with Gasteiger partial charge in [-0.05, 0) is 57.2 Å². The van der Waals surface area contributed by atoms with Crippen molar-refractivity contribution in [3.8, 4) is 5.75 Å². The Morgan fingerprint density at radius 2 is 1.73 bits per heavy atom. The lowest BCUT2D eigenvalue weighted by Gasteiger charge is -2.33. The summed E-state index contributed by atoms with van der Waals surface area (Å²) < 4.78 is 33.9. The van der Waals surface area contributed by atoms with E-state index >= 15 is 0 Å². The third-order valence-electron chi connectivity index (χ3n) is 3.07. The van der Waals surface area contributed by atoms with E-state index in [4.69, 9.17) is 4.74 Å². The number of rotatable bonds is 6. The van der Waals surface area contributed by atoms with Crippen LogP contribution in [0.3, 0.4) is 0 Å². The molecular weight excluding hydrogens is 298 g/mol. The van der Waals surface area contributed by atoms with Gasteiger partial charge >= 0.3 is 0 Å². The Labute approximate surface area is 135 Å². The molecule has 22 heavy (non-hydrogen) atoms. The molecule has 0 fully saturated rings. The average molecular weight is 327 g/mol. The van der Waals surface area contributed by atoms with Crippen molar-refractivity contribution in [3.63, 3.8) is 0 Å². The fourth-order valence-electron chi connectivity index (χ4n) is 2.88. The van der Waals surface area contributed by atoms with Crippen LogP contribution in [-0.4, -0.2) is 20.6 Å². The van der Waals surface area contributed by atoms with Crippen LogP contribution in [0.2, 0.25) is 0 Å². The van der Waals surface area contributed by atoms with Gasteiger partial charge in [-0.25, -0.2) is 13.1 Å². The van der Waals surface area contributed by atoms with Gasteiger partial charge in [0.15, 0.2) is 0 Å². The molecule has 0 aromatic heterocycles. The molecule has 4 nitrogen and oxygen atoms in total. The molecule has 0 unspecified atom stereocenters. The second-order valence-electron chi connectivity index (χ2n) is 7.61. The number of hydrogen-bond donors (Lipinski definition) is 1. The molecule has 0 saturated carbocycles. The van der Waals surface area contributed by atoms with Gasteiger partial charge in [0.2, 0.25) is 10.0 Å². The van der Waals surface area contributed by atoms with E-state index in [1.807, 2.05) is 33.8 Å². The molecule has 0 aliphatic heterocycles. The van der Waals surface area contributed by atoms with E-state index in [1.54, 1.807) is 12.1 Å². The molecule has 126 valence electrons. The fraction of sp³-hybridized carbons (Fsp3) is 0.647. The standard InChI is InChI=1S/C17H29NO3S/c1-8-21-14-10-9-13(2)11-15(14)22(19,20)18-17(6,7)12-16(3,4)5/h9-11,18H,8,12H2,1-7H3. The summed E-state index contributed by atoms with van der Waals surface area (Å²) in [6.07, 6.45) is 0.731. The second-order valence-corrected chi connectivity index (χ2v) is 9.26. The summed E-state index contributed by atoms with van der Waals surface area (Å²) in [6.45, 7) is 14.3. The predicted octanol–water partition coefficient (Wildman–Crippen LogP) is 3.89. The first-order chi connectivity index (χ1) is 9.86. The lowest BCUT2D eigenvalue weighted by atomic mass is 9.82. The van der Waals surface area contributed by atoms with Crippen molar-refractivity contribution in [1.29, 1.82) is 0 Å². The Morgan fingerprint density at radius 1 is 1.14 bits per heavy atom. The Kier molecular flexibility index (Phi) is 5.68. The molecule has 0 spiro atoms. The van der Waals surface area contributed by atoms with Gasteiger partial charge < -0.3 is 4.74 Å². The minimum absolute atomic E-state index is 0.0291. The third kappa shape index (κ3) is 5.61. The van der Waals surface area contributed by atoms with Crippen LogP contribution in [0.1, 0.15) is 53.5 Å². The lowest BCUT2D eigenvalue weighted by Crippen LogP contribution is -2.45. The third-order valence-corrected chi connectivity index (χ3v) is 4.79. The quantitative estimate of drug-likeness (QED) is 0.862. The van der Waals surface area contributed by atoms with Crippen molar-refractivity contribution in [3.05, 3.63) is 23.8 Å². The molecule has 1 N–H and O–H groups in total. The first-order valence-corrected chi connectivity index (χ1v) is 9.12. The first-order valence-electron chi connectivity index (χ1n) is 7.64. The minimum Gasteiger partial charge on any atom is -0.492 e. The Balaban J connectivity index is 3.17. The largest absolute Gasteiger partial charge is 0.492 e. The van der Waals surface area contributed by atoms with Crippen molar-refractivity contribution in [1.82, 2.24) is 4.72 Å². The molecule has 0 amide bonds. The summed E-state index contributed by atoms with van der Waals surface area (Å²) in [7, 11) is -3.64. The van der Waals surface area contributed by atoms with Gasteiger partial charge in [0.25, 0.3) is 0 Å². The monoisotopic (exact) mass is 327 g/mol. The van der Waals surface area contributed by atoms with E-state index in [1.165, 1.54) is 0 Å². The van der Waals surface area contributed by atoms with Crippen LogP contribution in [0.25, 0.3) is 0 Å². The molecule has 1 aromatic carbocycles. The smallest absolute Gasteiger partial charge is 0.244 e. The summed E-state index contributed by atoms with van der Waals surface area (Å²) in [6, 6.07) is 5.22. The highest BCUT2D eigenvalue weighted by Crippen LogP contribution is 2.30. The highest BCUT2D eigenvalue weighted by molar-refractivity contribution is 7.89. The molecule has 5 heteroatoms. The summed E-state index contributed by atoms with van der Waals surface area (Å²) in [5.41, 5.74) is 0.378. The van der Waals surface area contributed by atoms with Crippen LogP contribution in [-0.2, 0) is 10.0 Å². The molecule has 0 radical (unpaired) electrons. The van der Waals surface area contributed by atoms with Crippen molar-refractivity contribution in [2.24, 2.45) is 5.41 Å². The highest BCUT2D eigenvalue weighted by Gasteiger charge is 2.32. The number of benzene rings is 1. The minimum atomic E-state index is -3.64. The average Bonchev–Trinajstić information content (AvgIpc) is 2.26. The maximum atomic E-state index is 12.8. The number of hydrogen-bond acceptors (Lipinski definition) is 3. The lowest BCUT2D eigenvalue weighted by molar-refractivity contribution is 0.269. The molecule has 0 aliphatic carbocycles. The van der Waals surface area contributed by atoms with E-state index in [-0.39, 0.29) is 10.3 Å². The first kappa shape index (κ1) is 19.0. The van der Waals surface area contributed by atoms with Crippen molar-refractivity contribution >= 4 is 10.0 Å². The van der Waals surface area contributed by atoms with E-state index < -0.39 is 15.6 Å². The van der Waals surface area contributed by atoms with Crippen LogP contribution in [0.5, 0.6) is 5.75 Å². The van der Waals surface area contributed by atoms with Gasteiger partial charge in [0.05, 0.1) is 6.61 Å². The van der Waals surface area contributed by atoms with Gasteiger partial charge in [-0.3, -0.25) is 0 Å². The molecular formula is C17H29NO3S. The summed E-state index contributed by atoms with van der Waals surface area (Å²) in [5.74, 6) is 0.396. The zero-order valence-corrected chi connectivity index (χ0v) is 15.6. The number of nitrogens with one attached hydrogen (secondary N) is 1. The van der Waals surface area contributed by atoms with Crippen LogP contribution in [0.15, 0.2) is 23.1 Å². The number of aryl methyl sites for hydroxylation is 1. The van der Waals surface area contributed by atoms with Crippen LogP contribution < -0.4 is 9.46 Å². The topological polar surface area (TPSA) is 55.4 Å². The van der Waals surface area contributed by atoms with Crippen molar-refractivity contribution in [2.45, 2.75) is 65.3 Å².